The molecule has 4 amide bonds. The molecule has 7 rings (SSSR count). The number of rotatable bonds is 7. The number of halogens is 1. The van der Waals surface area contributed by atoms with Crippen LogP contribution < -0.4 is 20.1 Å². The Hall–Kier alpha value is -4.51. The van der Waals surface area contributed by atoms with Gasteiger partial charge in [0.05, 0.1) is 16.8 Å². The van der Waals surface area contributed by atoms with Gasteiger partial charge in [-0.2, -0.15) is 0 Å². The molecule has 2 saturated carbocycles. The maximum absolute atomic E-state index is 14.7. The van der Waals surface area contributed by atoms with Crippen LogP contribution in [0.5, 0.6) is 5.88 Å². The Bertz CT molecular complexity index is 2120. The molecular weight excluding hydrogens is 726 g/mol. The molecule has 2 aliphatic heterocycles. The van der Waals surface area contributed by atoms with Crippen LogP contribution in [0.25, 0.3) is 11.0 Å². The van der Waals surface area contributed by atoms with E-state index in [1.807, 2.05) is 19.1 Å². The molecule has 3 fully saturated rings. The number of para-hydroxylation sites is 1. The molecule has 0 spiro atoms. The van der Waals surface area contributed by atoms with Gasteiger partial charge in [0.1, 0.15) is 34.9 Å². The first-order valence-electron chi connectivity index (χ1n) is 17.9. The van der Waals surface area contributed by atoms with E-state index in [0.29, 0.717) is 43.3 Å². The summed E-state index contributed by atoms with van der Waals surface area (Å²) in [6.07, 6.45) is 8.64. The largest absolute Gasteiger partial charge is 0.471 e. The van der Waals surface area contributed by atoms with Crippen molar-refractivity contribution >= 4 is 56.0 Å². The summed E-state index contributed by atoms with van der Waals surface area (Å²) >= 11 is 1.20. The summed E-state index contributed by atoms with van der Waals surface area (Å²) in [7, 11) is -4.01. The van der Waals surface area contributed by atoms with Crippen molar-refractivity contribution in [1.82, 2.24) is 35.2 Å². The first-order valence-corrected chi connectivity index (χ1v) is 20.2. The Morgan fingerprint density at radius 1 is 1.13 bits per heavy atom. The maximum Gasteiger partial charge on any atom is 0.280 e. The second-order valence-corrected chi connectivity index (χ2v) is 18.2. The third kappa shape index (κ3) is 7.37. The highest BCUT2D eigenvalue weighted by Crippen LogP contribution is 2.47. The lowest BCUT2D eigenvalue weighted by Gasteiger charge is -2.30. The first kappa shape index (κ1) is 36.8. The van der Waals surface area contributed by atoms with Gasteiger partial charge in [-0.15, -0.1) is 11.3 Å². The number of benzene rings is 1. The monoisotopic (exact) mass is 767 g/mol. The number of hydrogen-bond acceptors (Lipinski definition) is 11. The van der Waals surface area contributed by atoms with Crippen LogP contribution in [-0.2, 0) is 24.4 Å². The maximum atomic E-state index is 14.7. The molecule has 53 heavy (non-hydrogen) atoms. The van der Waals surface area contributed by atoms with E-state index in [1.54, 1.807) is 26.1 Å². The van der Waals surface area contributed by atoms with Crippen molar-refractivity contribution in [3.63, 3.8) is 0 Å². The van der Waals surface area contributed by atoms with E-state index < -0.39 is 73.9 Å². The van der Waals surface area contributed by atoms with Crippen molar-refractivity contribution < 1.29 is 36.7 Å². The second kappa shape index (κ2) is 14.0. The lowest BCUT2D eigenvalue weighted by Crippen LogP contribution is -2.58. The summed E-state index contributed by atoms with van der Waals surface area (Å²) in [5.41, 5.74) is -0.827. The van der Waals surface area contributed by atoms with E-state index in [1.165, 1.54) is 28.4 Å². The Morgan fingerprint density at radius 3 is 2.66 bits per heavy atom. The number of sulfonamides is 1. The SMILES string of the molecule is Cc1cnc(C(=O)N[C@H]2CCCCC/C=C\[C@@H]3C[C@@]3(C(=O)NS(=O)(=O)C3(C)CC3)NC(=O)[C@@H]3C[C@@H](Oc4nc5c(F)cccc5nc4C)CN3C2=O)s1. The van der Waals surface area contributed by atoms with Gasteiger partial charge in [-0.3, -0.25) is 23.9 Å². The highest BCUT2D eigenvalue weighted by Gasteiger charge is 2.63. The Kier molecular flexibility index (Phi) is 9.76. The van der Waals surface area contributed by atoms with E-state index in [-0.39, 0.29) is 35.8 Å². The highest BCUT2D eigenvalue weighted by molar-refractivity contribution is 7.91. The van der Waals surface area contributed by atoms with Gasteiger partial charge in [0.15, 0.2) is 10.8 Å². The van der Waals surface area contributed by atoms with Crippen LogP contribution in [0.4, 0.5) is 4.39 Å². The van der Waals surface area contributed by atoms with Crippen LogP contribution in [0, 0.1) is 25.6 Å². The number of amides is 4. The summed E-state index contributed by atoms with van der Waals surface area (Å²) < 4.78 is 48.3. The molecule has 2 aromatic heterocycles. The zero-order valence-electron chi connectivity index (χ0n) is 29.7. The lowest BCUT2D eigenvalue weighted by atomic mass is 10.0. The van der Waals surface area contributed by atoms with Crippen LogP contribution in [0.1, 0.15) is 85.1 Å². The fourth-order valence-electron chi connectivity index (χ4n) is 7.01. The number of allylic oxidation sites excluding steroid dienone is 1. The molecule has 4 aliphatic rings. The predicted octanol–water partition coefficient (Wildman–Crippen LogP) is 3.38. The van der Waals surface area contributed by atoms with Crippen molar-refractivity contribution in [1.29, 1.82) is 0 Å². The number of fused-ring (bicyclic) bond motifs is 3. The third-order valence-electron chi connectivity index (χ3n) is 10.7. The van der Waals surface area contributed by atoms with Crippen molar-refractivity contribution in [3.05, 3.63) is 57.9 Å². The third-order valence-corrected chi connectivity index (χ3v) is 13.7. The van der Waals surface area contributed by atoms with Gasteiger partial charge >= 0.3 is 0 Å². The molecule has 4 heterocycles. The summed E-state index contributed by atoms with van der Waals surface area (Å²) in [6.45, 7) is 4.96. The minimum absolute atomic E-state index is 0.00533. The van der Waals surface area contributed by atoms with Crippen molar-refractivity contribution in [2.45, 2.75) is 107 Å². The number of nitrogens with zero attached hydrogens (tertiary/aromatic N) is 4. The van der Waals surface area contributed by atoms with Crippen LogP contribution in [0.2, 0.25) is 0 Å². The fourth-order valence-corrected chi connectivity index (χ4v) is 8.99. The summed E-state index contributed by atoms with van der Waals surface area (Å²) in [5, 5.41) is 5.89. The van der Waals surface area contributed by atoms with E-state index in [0.717, 1.165) is 17.7 Å². The second-order valence-electron chi connectivity index (χ2n) is 14.7. The topological polar surface area (TPSA) is 190 Å². The van der Waals surface area contributed by atoms with Crippen LogP contribution in [-0.4, -0.2) is 86.9 Å². The number of ether oxygens (including phenoxy) is 1. The zero-order chi connectivity index (χ0) is 37.7. The molecule has 3 N–H and O–H groups in total. The van der Waals surface area contributed by atoms with E-state index >= 15 is 0 Å². The molecule has 0 unspecified atom stereocenters. The van der Waals surface area contributed by atoms with Crippen LogP contribution >= 0.6 is 11.3 Å². The smallest absolute Gasteiger partial charge is 0.280 e. The van der Waals surface area contributed by atoms with E-state index in [2.05, 4.69) is 30.3 Å². The van der Waals surface area contributed by atoms with E-state index in [4.69, 9.17) is 4.74 Å². The van der Waals surface area contributed by atoms with Gasteiger partial charge in [0.2, 0.25) is 27.7 Å². The molecule has 5 atom stereocenters. The number of hydrogen-bond donors (Lipinski definition) is 3. The zero-order valence-corrected chi connectivity index (χ0v) is 31.3. The molecule has 14 nitrogen and oxygen atoms in total. The number of aryl methyl sites for hydroxylation is 2. The molecule has 0 bridgehead atoms. The molecular formula is C36H42FN7O7S2. The normalized spacial score (nSPS) is 27.7. The lowest BCUT2D eigenvalue weighted by molar-refractivity contribution is -0.141. The molecule has 17 heteroatoms. The first-order chi connectivity index (χ1) is 25.2. The number of thiazole rings is 1. The summed E-state index contributed by atoms with van der Waals surface area (Å²) in [4.78, 5) is 71.1. The minimum Gasteiger partial charge on any atom is -0.471 e. The summed E-state index contributed by atoms with van der Waals surface area (Å²) in [6, 6.07) is 2.24. The number of carbonyl (C=O) groups is 4. The molecule has 2 aliphatic carbocycles. The molecule has 1 aromatic carbocycles. The molecule has 3 aromatic rings. The van der Waals surface area contributed by atoms with Gasteiger partial charge < -0.3 is 20.3 Å². The van der Waals surface area contributed by atoms with Gasteiger partial charge in [0.25, 0.3) is 11.8 Å². The average molecular weight is 768 g/mol. The minimum atomic E-state index is -4.01. The fraction of sp³-hybridized carbons (Fsp3) is 0.528. The number of aromatic nitrogens is 3. The average Bonchev–Trinajstić information content (AvgIpc) is 3.91. The van der Waals surface area contributed by atoms with Gasteiger partial charge in [-0.05, 0) is 71.4 Å². The molecule has 1 saturated heterocycles. The van der Waals surface area contributed by atoms with Gasteiger partial charge in [-0.1, -0.05) is 31.1 Å². The summed E-state index contributed by atoms with van der Waals surface area (Å²) in [5.74, 6) is -3.54. The van der Waals surface area contributed by atoms with Gasteiger partial charge in [0, 0.05) is 23.4 Å². The standard InChI is InChI=1S/C36H42FN7O7S2/c1-20-18-38-32(52-20)30(46)40-26-12-8-6-4-5-7-10-22-17-36(22,34(48)43-53(49,50)35(3)14-15-35)42-29(45)27-16-23(19-44(27)33(26)47)51-31-21(2)39-25-13-9-11-24(37)28(25)41-31/h7,9-11,13,18,22-23,26-27H,4-6,8,12,14-17,19H2,1-3H3,(H,40,46)(H,42,45)(H,43,48)/b10-7-/t22-,23-,26+,27+,36-/m1/s1. The Morgan fingerprint density at radius 2 is 1.92 bits per heavy atom. The van der Waals surface area contributed by atoms with E-state index in [9.17, 15) is 32.0 Å². The van der Waals surface area contributed by atoms with Crippen molar-refractivity contribution in [3.8, 4) is 5.88 Å². The van der Waals surface area contributed by atoms with Crippen molar-refractivity contribution in [2.75, 3.05) is 6.54 Å². The molecule has 282 valence electrons. The Labute approximate surface area is 310 Å². The van der Waals surface area contributed by atoms with Gasteiger partial charge in [-0.25, -0.2) is 27.8 Å². The van der Waals surface area contributed by atoms with Crippen molar-refractivity contribution in [2.24, 2.45) is 5.92 Å². The highest BCUT2D eigenvalue weighted by atomic mass is 32.2. The number of carbonyl (C=O) groups excluding carboxylic acids is 4. The Balaban J connectivity index is 1.20. The quantitative estimate of drug-likeness (QED) is 0.301. The number of nitrogens with one attached hydrogen (secondary N) is 3. The molecule has 0 radical (unpaired) electrons. The van der Waals surface area contributed by atoms with Crippen LogP contribution in [0.3, 0.4) is 0 Å². The van der Waals surface area contributed by atoms with Crippen LogP contribution in [0.15, 0.2) is 36.5 Å². The predicted molar refractivity (Wildman–Crippen MR) is 193 cm³/mol.